The number of carbonyl (C=O) groups excluding carboxylic acids is 1. The van der Waals surface area contributed by atoms with Gasteiger partial charge in [0.05, 0.1) is 10.9 Å². The molecule has 11 heteroatoms. The van der Waals surface area contributed by atoms with Crippen LogP contribution in [0.2, 0.25) is 0 Å². The number of carboxylic acids is 1. The summed E-state index contributed by atoms with van der Waals surface area (Å²) in [6, 6.07) is 9.19. The van der Waals surface area contributed by atoms with E-state index in [-0.39, 0.29) is 30.1 Å². The number of sulfonamides is 1. The van der Waals surface area contributed by atoms with Crippen LogP contribution >= 0.6 is 0 Å². The van der Waals surface area contributed by atoms with Gasteiger partial charge in [0, 0.05) is 31.6 Å². The summed E-state index contributed by atoms with van der Waals surface area (Å²) in [6.45, 7) is 3.74. The standard InChI is InChI=1S/C28H35N5O5S/c1-3-19-7-6-18(15-24(29)25(34)28(27(35)36)11-4-5-12-31-28)14-23(19)26(30)32-39(37,38)22-9-8-20-10-13-33(2)17-21(20)16-22/h4-9,14,16,24,31H,3,10-13,15,17,29H2,1-2H3,(H2,30,32)(H,35,36)/t24-,28+/m1/s1. The van der Waals surface area contributed by atoms with Crippen LogP contribution in [-0.2, 0) is 45.4 Å². The fraction of sp³-hybridized carbons (Fsp3) is 0.393. The van der Waals surface area contributed by atoms with Crippen LogP contribution in [0.5, 0.6) is 0 Å². The Hall–Kier alpha value is -3.38. The Kier molecular flexibility index (Phi) is 8.36. The maximum Gasteiger partial charge on any atom is 0.332 e. The molecule has 0 fully saturated rings. The minimum atomic E-state index is -4.08. The van der Waals surface area contributed by atoms with Gasteiger partial charge in [-0.15, -0.1) is 4.40 Å². The summed E-state index contributed by atoms with van der Waals surface area (Å²) in [6.07, 6.45) is 4.89. The Bertz CT molecular complexity index is 1450. The summed E-state index contributed by atoms with van der Waals surface area (Å²) in [5.41, 5.74) is 14.6. The van der Waals surface area contributed by atoms with Crippen molar-refractivity contribution in [2.24, 2.45) is 15.9 Å². The average molecular weight is 554 g/mol. The third-order valence-electron chi connectivity index (χ3n) is 7.42. The molecule has 4 rings (SSSR count). The van der Waals surface area contributed by atoms with E-state index in [9.17, 15) is 23.1 Å². The molecule has 0 aliphatic carbocycles. The van der Waals surface area contributed by atoms with E-state index in [4.69, 9.17) is 11.5 Å². The molecule has 0 spiro atoms. The van der Waals surface area contributed by atoms with Gasteiger partial charge in [-0.1, -0.05) is 37.3 Å². The van der Waals surface area contributed by atoms with Crippen LogP contribution in [0.1, 0.15) is 41.2 Å². The maximum atomic E-state index is 13.2. The molecule has 2 aliphatic heterocycles. The number of nitrogens with zero attached hydrogens (tertiary/aromatic N) is 2. The quantitative estimate of drug-likeness (QED) is 0.154. The molecule has 10 nitrogen and oxygen atoms in total. The second-order valence-electron chi connectivity index (χ2n) is 10.2. The van der Waals surface area contributed by atoms with Crippen molar-refractivity contribution in [3.8, 4) is 0 Å². The largest absolute Gasteiger partial charge is 0.480 e. The molecule has 2 heterocycles. The number of aryl methyl sites for hydroxylation is 1. The van der Waals surface area contributed by atoms with Gasteiger partial charge in [-0.3, -0.25) is 10.1 Å². The Balaban J connectivity index is 1.60. The Morgan fingerprint density at radius 1 is 1.18 bits per heavy atom. The summed E-state index contributed by atoms with van der Waals surface area (Å²) in [5.74, 6) is -2.06. The molecular weight excluding hydrogens is 518 g/mol. The summed E-state index contributed by atoms with van der Waals surface area (Å²) in [4.78, 5) is 27.3. The van der Waals surface area contributed by atoms with Gasteiger partial charge in [0.25, 0.3) is 10.0 Å². The topological polar surface area (TPSA) is 168 Å². The molecular formula is C28H35N5O5S. The first-order valence-electron chi connectivity index (χ1n) is 12.9. The molecule has 0 saturated heterocycles. The molecule has 0 amide bonds. The van der Waals surface area contributed by atoms with E-state index < -0.39 is 33.4 Å². The van der Waals surface area contributed by atoms with Gasteiger partial charge in [0.1, 0.15) is 5.84 Å². The summed E-state index contributed by atoms with van der Waals surface area (Å²) in [7, 11) is -2.09. The molecule has 39 heavy (non-hydrogen) atoms. The highest BCUT2D eigenvalue weighted by molar-refractivity contribution is 7.90. The zero-order valence-electron chi connectivity index (χ0n) is 22.2. The van der Waals surface area contributed by atoms with Crippen LogP contribution in [0.3, 0.4) is 0 Å². The molecule has 6 N–H and O–H groups in total. The van der Waals surface area contributed by atoms with Gasteiger partial charge in [-0.25, -0.2) is 4.79 Å². The third kappa shape index (κ3) is 5.96. The SMILES string of the molecule is CCc1ccc(C[C@@H](N)C(=O)[C@]2(C(=O)O)CC=CCN2)cc1C(N)=NS(=O)(=O)c1ccc2c(c1)CN(C)CC2. The highest BCUT2D eigenvalue weighted by atomic mass is 32.2. The predicted octanol–water partition coefficient (Wildman–Crippen LogP) is 1.14. The van der Waals surface area contributed by atoms with Crippen LogP contribution in [0, 0.1) is 0 Å². The van der Waals surface area contributed by atoms with Gasteiger partial charge < -0.3 is 21.5 Å². The first-order chi connectivity index (χ1) is 18.5. The number of carboxylic acid groups (broad SMARTS) is 1. The molecule has 0 unspecified atom stereocenters. The predicted molar refractivity (Wildman–Crippen MR) is 149 cm³/mol. The zero-order chi connectivity index (χ0) is 28.4. The number of Topliss-reactive ketones (excluding diaryl/α,β-unsaturated/α-hetero) is 1. The van der Waals surface area contributed by atoms with Crippen LogP contribution in [0.25, 0.3) is 0 Å². The van der Waals surface area contributed by atoms with Crippen molar-refractivity contribution in [2.45, 2.75) is 55.6 Å². The fourth-order valence-corrected chi connectivity index (χ4v) is 6.13. The van der Waals surface area contributed by atoms with Crippen molar-refractivity contribution < 1.29 is 23.1 Å². The molecule has 2 aliphatic rings. The first-order valence-corrected chi connectivity index (χ1v) is 14.4. The minimum Gasteiger partial charge on any atom is -0.480 e. The van der Waals surface area contributed by atoms with Gasteiger partial charge in [-0.2, -0.15) is 8.42 Å². The lowest BCUT2D eigenvalue weighted by Crippen LogP contribution is -2.63. The van der Waals surface area contributed by atoms with Crippen LogP contribution in [0.15, 0.2) is 57.8 Å². The maximum absolute atomic E-state index is 13.2. The zero-order valence-corrected chi connectivity index (χ0v) is 23.0. The number of fused-ring (bicyclic) bond motifs is 1. The number of rotatable bonds is 9. The molecule has 0 radical (unpaired) electrons. The van der Waals surface area contributed by atoms with E-state index in [2.05, 4.69) is 14.6 Å². The van der Waals surface area contributed by atoms with Crippen molar-refractivity contribution in [1.82, 2.24) is 10.2 Å². The van der Waals surface area contributed by atoms with Crippen molar-refractivity contribution in [3.63, 3.8) is 0 Å². The van der Waals surface area contributed by atoms with E-state index in [1.807, 2.05) is 20.0 Å². The number of nitrogens with two attached hydrogens (primary N) is 2. The number of nitrogens with one attached hydrogen (secondary N) is 1. The van der Waals surface area contributed by atoms with E-state index in [1.54, 1.807) is 42.5 Å². The number of amidine groups is 1. The number of hydrogen-bond donors (Lipinski definition) is 4. The van der Waals surface area contributed by atoms with Gasteiger partial charge >= 0.3 is 5.97 Å². The monoisotopic (exact) mass is 553 g/mol. The van der Waals surface area contributed by atoms with E-state index in [0.717, 1.165) is 29.7 Å². The van der Waals surface area contributed by atoms with E-state index in [0.29, 0.717) is 24.1 Å². The lowest BCUT2D eigenvalue weighted by atomic mass is 9.82. The van der Waals surface area contributed by atoms with E-state index in [1.165, 1.54) is 0 Å². The molecule has 2 aromatic carbocycles. The third-order valence-corrected chi connectivity index (χ3v) is 8.71. The molecule has 0 saturated carbocycles. The van der Waals surface area contributed by atoms with Crippen molar-refractivity contribution in [1.29, 1.82) is 0 Å². The number of ketones is 1. The number of aliphatic carboxylic acids is 1. The summed E-state index contributed by atoms with van der Waals surface area (Å²) in [5, 5.41) is 12.6. The van der Waals surface area contributed by atoms with Crippen LogP contribution in [0.4, 0.5) is 0 Å². The van der Waals surface area contributed by atoms with Crippen molar-refractivity contribution >= 4 is 27.6 Å². The number of benzene rings is 2. The summed E-state index contributed by atoms with van der Waals surface area (Å²) >= 11 is 0. The average Bonchev–Trinajstić information content (AvgIpc) is 2.92. The Morgan fingerprint density at radius 2 is 1.95 bits per heavy atom. The first kappa shape index (κ1) is 28.6. The fourth-order valence-electron chi connectivity index (χ4n) is 5.13. The Morgan fingerprint density at radius 3 is 2.62 bits per heavy atom. The minimum absolute atomic E-state index is 0.00529. The van der Waals surface area contributed by atoms with Crippen molar-refractivity contribution in [3.05, 3.63) is 76.4 Å². The van der Waals surface area contributed by atoms with Crippen LogP contribution in [-0.4, -0.2) is 67.7 Å². The number of carbonyl (C=O) groups is 2. The highest BCUT2D eigenvalue weighted by Gasteiger charge is 2.47. The second kappa shape index (κ2) is 11.4. The molecule has 2 atom stereocenters. The molecule has 0 bridgehead atoms. The lowest BCUT2D eigenvalue weighted by Gasteiger charge is -2.32. The molecule has 208 valence electrons. The number of likely N-dealkylation sites (N-methyl/N-ethyl adjacent to an activating group) is 1. The van der Waals surface area contributed by atoms with Gasteiger partial charge in [0.2, 0.25) is 0 Å². The van der Waals surface area contributed by atoms with Gasteiger partial charge in [-0.05, 0) is 66.8 Å². The normalized spacial score (nSPS) is 20.8. The summed E-state index contributed by atoms with van der Waals surface area (Å²) < 4.78 is 30.3. The second-order valence-corrected chi connectivity index (χ2v) is 11.8. The molecule has 0 aromatic heterocycles. The van der Waals surface area contributed by atoms with Crippen LogP contribution < -0.4 is 16.8 Å². The van der Waals surface area contributed by atoms with Crippen molar-refractivity contribution in [2.75, 3.05) is 20.1 Å². The molecule has 2 aromatic rings. The highest BCUT2D eigenvalue weighted by Crippen LogP contribution is 2.24. The lowest BCUT2D eigenvalue weighted by molar-refractivity contribution is -0.150. The Labute approximate surface area is 228 Å². The van der Waals surface area contributed by atoms with E-state index >= 15 is 0 Å². The smallest absolute Gasteiger partial charge is 0.332 e. The number of hydrogen-bond acceptors (Lipinski definition) is 7. The van der Waals surface area contributed by atoms with Gasteiger partial charge in [0.15, 0.2) is 11.3 Å².